The molecular formula is C19H20N4O2. The van der Waals surface area contributed by atoms with Crippen LogP contribution in [0.2, 0.25) is 0 Å². The lowest BCUT2D eigenvalue weighted by Crippen LogP contribution is -2.14. The fourth-order valence-electron chi connectivity index (χ4n) is 2.60. The SMILES string of the molecule is O=C(Nc1cnc(CC2CC2)nc1)c1ccc(NC(=O)C2CC2)cc1. The number of rotatable bonds is 6. The van der Waals surface area contributed by atoms with Crippen molar-refractivity contribution in [3.63, 3.8) is 0 Å². The maximum Gasteiger partial charge on any atom is 0.255 e. The first-order valence-corrected chi connectivity index (χ1v) is 8.70. The number of nitrogens with one attached hydrogen (secondary N) is 2. The highest BCUT2D eigenvalue weighted by molar-refractivity contribution is 6.04. The summed E-state index contributed by atoms with van der Waals surface area (Å²) in [5.41, 5.74) is 1.81. The van der Waals surface area contributed by atoms with E-state index in [4.69, 9.17) is 0 Å². The summed E-state index contributed by atoms with van der Waals surface area (Å²) >= 11 is 0. The van der Waals surface area contributed by atoms with E-state index in [0.717, 1.165) is 31.0 Å². The van der Waals surface area contributed by atoms with Crippen LogP contribution < -0.4 is 10.6 Å². The number of hydrogen-bond acceptors (Lipinski definition) is 4. The molecule has 0 atom stereocenters. The fourth-order valence-corrected chi connectivity index (χ4v) is 2.60. The van der Waals surface area contributed by atoms with Crippen molar-refractivity contribution in [3.05, 3.63) is 48.0 Å². The monoisotopic (exact) mass is 336 g/mol. The normalized spacial score (nSPS) is 16.3. The molecule has 2 aromatic rings. The topological polar surface area (TPSA) is 84.0 Å². The lowest BCUT2D eigenvalue weighted by molar-refractivity contribution is -0.117. The van der Waals surface area contributed by atoms with Gasteiger partial charge < -0.3 is 10.6 Å². The van der Waals surface area contributed by atoms with Gasteiger partial charge in [0.15, 0.2) is 0 Å². The van der Waals surface area contributed by atoms with Crippen LogP contribution in [-0.2, 0) is 11.2 Å². The van der Waals surface area contributed by atoms with Gasteiger partial charge in [-0.2, -0.15) is 0 Å². The van der Waals surface area contributed by atoms with E-state index >= 15 is 0 Å². The average Bonchev–Trinajstić information content (AvgIpc) is 3.51. The predicted octanol–water partition coefficient (Wildman–Crippen LogP) is 3.03. The van der Waals surface area contributed by atoms with Crippen LogP contribution >= 0.6 is 0 Å². The summed E-state index contributed by atoms with van der Waals surface area (Å²) in [6.07, 6.45) is 8.67. The van der Waals surface area contributed by atoms with Crippen LogP contribution in [0, 0.1) is 11.8 Å². The molecule has 1 heterocycles. The Morgan fingerprint density at radius 1 is 0.920 bits per heavy atom. The number of nitrogens with zero attached hydrogens (tertiary/aromatic N) is 2. The first kappa shape index (κ1) is 15.7. The average molecular weight is 336 g/mol. The van der Waals surface area contributed by atoms with E-state index in [9.17, 15) is 9.59 Å². The molecule has 2 aliphatic carbocycles. The van der Waals surface area contributed by atoms with E-state index < -0.39 is 0 Å². The summed E-state index contributed by atoms with van der Waals surface area (Å²) in [5, 5.41) is 5.65. The molecule has 0 aliphatic heterocycles. The van der Waals surface area contributed by atoms with Crippen molar-refractivity contribution in [2.45, 2.75) is 32.1 Å². The molecule has 4 rings (SSSR count). The Hall–Kier alpha value is -2.76. The highest BCUT2D eigenvalue weighted by Gasteiger charge is 2.29. The Labute approximate surface area is 146 Å². The first-order chi connectivity index (χ1) is 12.2. The van der Waals surface area contributed by atoms with Gasteiger partial charge in [-0.1, -0.05) is 0 Å². The summed E-state index contributed by atoms with van der Waals surface area (Å²) in [7, 11) is 0. The Bertz CT molecular complexity index is 778. The Morgan fingerprint density at radius 3 is 2.20 bits per heavy atom. The molecule has 0 unspecified atom stereocenters. The minimum absolute atomic E-state index is 0.0561. The minimum Gasteiger partial charge on any atom is -0.326 e. The standard InChI is InChI=1S/C19H20N4O2/c24-18(13-3-4-13)22-15-7-5-14(6-8-15)19(25)23-16-10-20-17(21-11-16)9-12-1-2-12/h5-8,10-13H,1-4,9H2,(H,22,24)(H,23,25). The van der Waals surface area contributed by atoms with Gasteiger partial charge in [0.25, 0.3) is 5.91 Å². The van der Waals surface area contributed by atoms with E-state index in [0.29, 0.717) is 16.9 Å². The van der Waals surface area contributed by atoms with Crippen molar-refractivity contribution in [3.8, 4) is 0 Å². The summed E-state index contributed by atoms with van der Waals surface area (Å²) in [4.78, 5) is 32.6. The van der Waals surface area contributed by atoms with Crippen LogP contribution in [0.25, 0.3) is 0 Å². The van der Waals surface area contributed by atoms with Gasteiger partial charge in [0.1, 0.15) is 5.82 Å². The smallest absolute Gasteiger partial charge is 0.255 e. The van der Waals surface area contributed by atoms with Gasteiger partial charge in [-0.25, -0.2) is 9.97 Å². The second kappa shape index (κ2) is 6.63. The molecule has 0 spiro atoms. The van der Waals surface area contributed by atoms with Crippen LogP contribution in [0.3, 0.4) is 0 Å². The van der Waals surface area contributed by atoms with Gasteiger partial charge in [-0.05, 0) is 55.9 Å². The molecule has 1 aromatic carbocycles. The summed E-state index contributed by atoms with van der Waals surface area (Å²) < 4.78 is 0. The number of benzene rings is 1. The molecular weight excluding hydrogens is 316 g/mol. The number of carbonyl (C=O) groups is 2. The second-order valence-corrected chi connectivity index (χ2v) is 6.83. The van der Waals surface area contributed by atoms with Crippen LogP contribution in [0.15, 0.2) is 36.7 Å². The molecule has 2 N–H and O–H groups in total. The third-order valence-corrected chi connectivity index (χ3v) is 4.49. The Balaban J connectivity index is 1.34. The van der Waals surface area contributed by atoms with Crippen LogP contribution in [0.5, 0.6) is 0 Å². The summed E-state index contributed by atoms with van der Waals surface area (Å²) in [5.74, 6) is 1.56. The van der Waals surface area contributed by atoms with Gasteiger partial charge in [0.05, 0.1) is 18.1 Å². The lowest BCUT2D eigenvalue weighted by atomic mass is 10.2. The van der Waals surface area contributed by atoms with Gasteiger partial charge in [0.2, 0.25) is 5.91 Å². The quantitative estimate of drug-likeness (QED) is 0.849. The highest BCUT2D eigenvalue weighted by atomic mass is 16.2. The van der Waals surface area contributed by atoms with E-state index in [1.165, 1.54) is 12.8 Å². The summed E-state index contributed by atoms with van der Waals surface area (Å²) in [6.45, 7) is 0. The van der Waals surface area contributed by atoms with Gasteiger partial charge in [-0.3, -0.25) is 9.59 Å². The molecule has 2 amide bonds. The third kappa shape index (κ3) is 4.21. The largest absolute Gasteiger partial charge is 0.326 e. The maximum atomic E-state index is 12.3. The van der Waals surface area contributed by atoms with Crippen molar-refractivity contribution in [2.24, 2.45) is 11.8 Å². The zero-order chi connectivity index (χ0) is 17.2. The molecule has 2 fully saturated rings. The number of anilines is 2. The second-order valence-electron chi connectivity index (χ2n) is 6.83. The van der Waals surface area contributed by atoms with Crippen molar-refractivity contribution >= 4 is 23.2 Å². The van der Waals surface area contributed by atoms with E-state index in [2.05, 4.69) is 20.6 Å². The molecule has 0 saturated heterocycles. The number of aromatic nitrogens is 2. The molecule has 25 heavy (non-hydrogen) atoms. The van der Waals surface area contributed by atoms with Crippen LogP contribution in [0.1, 0.15) is 41.9 Å². The lowest BCUT2D eigenvalue weighted by Gasteiger charge is -2.07. The Morgan fingerprint density at radius 2 is 1.60 bits per heavy atom. The van der Waals surface area contributed by atoms with Crippen molar-refractivity contribution in [1.82, 2.24) is 9.97 Å². The molecule has 0 radical (unpaired) electrons. The molecule has 2 aliphatic rings. The van der Waals surface area contributed by atoms with Gasteiger partial charge >= 0.3 is 0 Å². The molecule has 1 aromatic heterocycles. The summed E-state index contributed by atoms with van der Waals surface area (Å²) in [6, 6.07) is 6.87. The van der Waals surface area contributed by atoms with E-state index in [1.807, 2.05) is 0 Å². The number of carbonyl (C=O) groups excluding carboxylic acids is 2. The van der Waals surface area contributed by atoms with Gasteiger partial charge in [-0.15, -0.1) is 0 Å². The number of hydrogen-bond donors (Lipinski definition) is 2. The maximum absolute atomic E-state index is 12.3. The minimum atomic E-state index is -0.224. The molecule has 0 bridgehead atoms. The van der Waals surface area contributed by atoms with Gasteiger partial charge in [0, 0.05) is 23.6 Å². The molecule has 2 saturated carbocycles. The van der Waals surface area contributed by atoms with Crippen LogP contribution in [-0.4, -0.2) is 21.8 Å². The zero-order valence-electron chi connectivity index (χ0n) is 13.9. The van der Waals surface area contributed by atoms with Crippen molar-refractivity contribution in [2.75, 3.05) is 10.6 Å². The number of amides is 2. The molecule has 128 valence electrons. The van der Waals surface area contributed by atoms with E-state index in [-0.39, 0.29) is 17.7 Å². The zero-order valence-corrected chi connectivity index (χ0v) is 13.9. The van der Waals surface area contributed by atoms with Crippen molar-refractivity contribution < 1.29 is 9.59 Å². The highest BCUT2D eigenvalue weighted by Crippen LogP contribution is 2.31. The fraction of sp³-hybridized carbons (Fsp3) is 0.368. The molecule has 6 heteroatoms. The third-order valence-electron chi connectivity index (χ3n) is 4.49. The van der Waals surface area contributed by atoms with E-state index in [1.54, 1.807) is 36.7 Å². The van der Waals surface area contributed by atoms with Crippen molar-refractivity contribution in [1.29, 1.82) is 0 Å². The predicted molar refractivity (Wildman–Crippen MR) is 94.2 cm³/mol. The Kier molecular flexibility index (Phi) is 4.17. The molecule has 6 nitrogen and oxygen atoms in total. The first-order valence-electron chi connectivity index (χ1n) is 8.70. The van der Waals surface area contributed by atoms with Crippen LogP contribution in [0.4, 0.5) is 11.4 Å².